The van der Waals surface area contributed by atoms with Gasteiger partial charge in [-0.2, -0.15) is 0 Å². The van der Waals surface area contributed by atoms with Crippen molar-refractivity contribution in [2.75, 3.05) is 13.1 Å². The molecule has 4 fully saturated rings. The lowest BCUT2D eigenvalue weighted by Crippen LogP contribution is -2.54. The molecular weight excluding hydrogens is 558 g/mol. The van der Waals surface area contributed by atoms with Gasteiger partial charge in [0.15, 0.2) is 5.82 Å². The van der Waals surface area contributed by atoms with Crippen LogP contribution in [0.5, 0.6) is 5.75 Å². The van der Waals surface area contributed by atoms with Gasteiger partial charge in [0.1, 0.15) is 24.3 Å². The van der Waals surface area contributed by atoms with E-state index in [1.54, 1.807) is 11.8 Å². The second kappa shape index (κ2) is 9.96. The number of rotatable bonds is 7. The molecule has 1 aromatic heterocycles. The van der Waals surface area contributed by atoms with Gasteiger partial charge in [-0.25, -0.2) is 0 Å². The maximum absolute atomic E-state index is 14.5. The SMILES string of the molecule is Cc1nnc(COc2ccc(Cl)c3c2C(N2CC4(CC4)CC2=O)N(C(=O)C2CCCC[C@]2(C)C(=O)O)CC3)n1C1CC1. The molecule has 1 aromatic carbocycles. The highest BCUT2D eigenvalue weighted by molar-refractivity contribution is 6.31. The molecule has 5 aliphatic rings. The van der Waals surface area contributed by atoms with Crippen molar-refractivity contribution < 1.29 is 24.2 Å². The Bertz CT molecular complexity index is 1470. The van der Waals surface area contributed by atoms with Crippen molar-refractivity contribution in [3.05, 3.63) is 39.9 Å². The van der Waals surface area contributed by atoms with Crippen molar-refractivity contribution in [2.45, 2.75) is 96.9 Å². The minimum absolute atomic E-state index is 0.0165. The van der Waals surface area contributed by atoms with Crippen LogP contribution in [0.2, 0.25) is 5.02 Å². The maximum atomic E-state index is 14.5. The average Bonchev–Trinajstić information content (AvgIpc) is 3.88. The number of carboxylic acids is 1. The summed E-state index contributed by atoms with van der Waals surface area (Å²) in [7, 11) is 0. The highest BCUT2D eigenvalue weighted by atomic mass is 35.5. The Balaban J connectivity index is 1.28. The highest BCUT2D eigenvalue weighted by Gasteiger charge is 2.56. The number of carbonyl (C=O) groups excluding carboxylic acids is 2. The topological polar surface area (TPSA) is 118 Å². The van der Waals surface area contributed by atoms with Crippen LogP contribution < -0.4 is 4.74 Å². The second-order valence-electron chi connectivity index (χ2n) is 13.4. The summed E-state index contributed by atoms with van der Waals surface area (Å²) in [5.74, 6) is 0.379. The van der Waals surface area contributed by atoms with Crippen molar-refractivity contribution in [1.29, 1.82) is 0 Å². The van der Waals surface area contributed by atoms with E-state index in [4.69, 9.17) is 16.3 Å². The number of carbonyl (C=O) groups is 3. The summed E-state index contributed by atoms with van der Waals surface area (Å²) < 4.78 is 8.60. The number of amides is 2. The molecule has 3 saturated carbocycles. The van der Waals surface area contributed by atoms with Crippen LogP contribution in [-0.4, -0.2) is 60.5 Å². The Morgan fingerprint density at radius 1 is 1.14 bits per heavy atom. The number of aliphatic carboxylic acids is 1. The van der Waals surface area contributed by atoms with Gasteiger partial charge in [0, 0.05) is 36.1 Å². The van der Waals surface area contributed by atoms with E-state index in [9.17, 15) is 19.5 Å². The average molecular weight is 596 g/mol. The number of likely N-dealkylation sites (tertiary alicyclic amines) is 1. The van der Waals surface area contributed by atoms with Gasteiger partial charge >= 0.3 is 5.97 Å². The fraction of sp³-hybridized carbons (Fsp3) is 0.645. The zero-order chi connectivity index (χ0) is 29.4. The number of carboxylic acid groups (broad SMARTS) is 1. The largest absolute Gasteiger partial charge is 0.485 e. The van der Waals surface area contributed by atoms with Crippen molar-refractivity contribution in [1.82, 2.24) is 24.6 Å². The van der Waals surface area contributed by atoms with Crippen molar-refractivity contribution in [2.24, 2.45) is 16.7 Å². The lowest BCUT2D eigenvalue weighted by atomic mass is 9.66. The third kappa shape index (κ3) is 4.48. The maximum Gasteiger partial charge on any atom is 0.310 e. The molecule has 1 saturated heterocycles. The zero-order valence-corrected chi connectivity index (χ0v) is 25.0. The summed E-state index contributed by atoms with van der Waals surface area (Å²) in [6.07, 6.45) is 7.01. The van der Waals surface area contributed by atoms with E-state index in [-0.39, 0.29) is 23.8 Å². The summed E-state index contributed by atoms with van der Waals surface area (Å²) in [5, 5.41) is 19.4. The Labute approximate surface area is 250 Å². The van der Waals surface area contributed by atoms with E-state index in [1.165, 1.54) is 0 Å². The molecule has 0 bridgehead atoms. The molecule has 2 aromatic rings. The Kier molecular flexibility index (Phi) is 6.56. The Morgan fingerprint density at radius 3 is 2.62 bits per heavy atom. The van der Waals surface area contributed by atoms with Crippen LogP contribution in [0.25, 0.3) is 0 Å². The molecule has 42 heavy (non-hydrogen) atoms. The molecule has 2 unspecified atom stereocenters. The van der Waals surface area contributed by atoms with Gasteiger partial charge in [0.25, 0.3) is 0 Å². The predicted molar refractivity (Wildman–Crippen MR) is 153 cm³/mol. The van der Waals surface area contributed by atoms with Crippen LogP contribution in [0.3, 0.4) is 0 Å². The molecule has 224 valence electrons. The van der Waals surface area contributed by atoms with Crippen LogP contribution in [0.1, 0.15) is 99.7 Å². The molecule has 3 aliphatic carbocycles. The number of hydrogen-bond donors (Lipinski definition) is 1. The van der Waals surface area contributed by atoms with E-state index in [0.717, 1.165) is 61.3 Å². The normalized spacial score (nSPS) is 28.2. The minimum atomic E-state index is -1.15. The predicted octanol–water partition coefficient (Wildman–Crippen LogP) is 4.83. The number of aromatic nitrogens is 3. The number of fused-ring (bicyclic) bond motifs is 1. The molecule has 3 heterocycles. The fourth-order valence-corrected chi connectivity index (χ4v) is 7.91. The fourth-order valence-electron chi connectivity index (χ4n) is 7.65. The first-order valence-electron chi connectivity index (χ1n) is 15.3. The monoisotopic (exact) mass is 595 g/mol. The van der Waals surface area contributed by atoms with E-state index < -0.39 is 23.5 Å². The highest BCUT2D eigenvalue weighted by Crippen LogP contribution is 2.56. The van der Waals surface area contributed by atoms with E-state index >= 15 is 0 Å². The van der Waals surface area contributed by atoms with E-state index in [1.807, 2.05) is 24.0 Å². The first kappa shape index (κ1) is 27.7. The first-order valence-corrected chi connectivity index (χ1v) is 15.7. The molecule has 3 atom stereocenters. The van der Waals surface area contributed by atoms with Gasteiger partial charge in [-0.05, 0) is 81.9 Å². The molecule has 11 heteroatoms. The lowest BCUT2D eigenvalue weighted by Gasteiger charge is -2.47. The van der Waals surface area contributed by atoms with Gasteiger partial charge < -0.3 is 24.2 Å². The molecule has 0 radical (unpaired) electrons. The Morgan fingerprint density at radius 2 is 1.93 bits per heavy atom. The molecule has 2 aliphatic heterocycles. The van der Waals surface area contributed by atoms with Crippen LogP contribution in [0.15, 0.2) is 12.1 Å². The molecule has 1 N–H and O–H groups in total. The summed E-state index contributed by atoms with van der Waals surface area (Å²) in [6.45, 7) is 4.78. The lowest BCUT2D eigenvalue weighted by molar-refractivity contribution is -0.165. The van der Waals surface area contributed by atoms with Gasteiger partial charge in [0.2, 0.25) is 11.8 Å². The van der Waals surface area contributed by atoms with E-state index in [2.05, 4.69) is 14.8 Å². The minimum Gasteiger partial charge on any atom is -0.485 e. The summed E-state index contributed by atoms with van der Waals surface area (Å²) in [4.78, 5) is 44.2. The number of benzene rings is 1. The number of aryl methyl sites for hydroxylation is 1. The molecule has 7 rings (SSSR count). The van der Waals surface area contributed by atoms with Gasteiger partial charge in [0.05, 0.1) is 11.3 Å². The van der Waals surface area contributed by atoms with Crippen LogP contribution in [-0.2, 0) is 27.4 Å². The smallest absolute Gasteiger partial charge is 0.310 e. The zero-order valence-electron chi connectivity index (χ0n) is 24.3. The van der Waals surface area contributed by atoms with Crippen molar-refractivity contribution in [3.63, 3.8) is 0 Å². The summed E-state index contributed by atoms with van der Waals surface area (Å²) >= 11 is 6.78. The number of ether oxygens (including phenoxy) is 1. The molecule has 1 spiro atoms. The number of halogens is 1. The Hall–Kier alpha value is -3.14. The second-order valence-corrected chi connectivity index (χ2v) is 13.8. The molecule has 2 amide bonds. The van der Waals surface area contributed by atoms with Gasteiger partial charge in [-0.3, -0.25) is 14.4 Å². The third-order valence-corrected chi connectivity index (χ3v) is 10.9. The van der Waals surface area contributed by atoms with Crippen LogP contribution >= 0.6 is 11.6 Å². The van der Waals surface area contributed by atoms with Crippen LogP contribution in [0, 0.1) is 23.7 Å². The third-order valence-electron chi connectivity index (χ3n) is 10.5. The number of nitrogens with zero attached hydrogens (tertiary/aromatic N) is 5. The van der Waals surface area contributed by atoms with Crippen LogP contribution in [0.4, 0.5) is 0 Å². The van der Waals surface area contributed by atoms with E-state index in [0.29, 0.717) is 55.6 Å². The standard InChI is InChI=1S/C31H38ClN5O5/c1-18-33-34-24(37(18)19-6-7-19)16-42-23-9-8-22(32)20-10-14-35(28(39)21-5-3-4-11-30(21,2)29(40)41)27(26(20)23)36-17-31(12-13-31)15-25(36)38/h8-9,19,21,27H,3-7,10-17H2,1-2H3,(H,40,41)/t21?,27?,30-/m0/s1. The summed E-state index contributed by atoms with van der Waals surface area (Å²) in [6, 6.07) is 4.04. The van der Waals surface area contributed by atoms with Gasteiger partial charge in [-0.15, -0.1) is 10.2 Å². The summed E-state index contributed by atoms with van der Waals surface area (Å²) in [5.41, 5.74) is 0.430. The quantitative estimate of drug-likeness (QED) is 0.487. The van der Waals surface area contributed by atoms with Crippen molar-refractivity contribution >= 4 is 29.4 Å². The van der Waals surface area contributed by atoms with Gasteiger partial charge in [-0.1, -0.05) is 24.4 Å². The molecular formula is C31H38ClN5O5. The first-order chi connectivity index (χ1) is 20.1. The number of hydrogen-bond acceptors (Lipinski definition) is 6. The molecule has 10 nitrogen and oxygen atoms in total. The van der Waals surface area contributed by atoms with Crippen molar-refractivity contribution in [3.8, 4) is 5.75 Å².